The Morgan fingerprint density at radius 2 is 1.61 bits per heavy atom. The molecule has 31 heavy (non-hydrogen) atoms. The average Bonchev–Trinajstić information content (AvgIpc) is 2.67. The molecule has 0 aliphatic heterocycles. The van der Waals surface area contributed by atoms with Gasteiger partial charge in [-0.05, 0) is 65.5 Å². The zero-order valence-electron chi connectivity index (χ0n) is 20.2. The highest BCUT2D eigenvalue weighted by molar-refractivity contribution is 5.90. The first kappa shape index (κ1) is 26.5. The molecule has 0 aromatic heterocycles. The van der Waals surface area contributed by atoms with E-state index in [1.807, 2.05) is 52.0 Å². The van der Waals surface area contributed by atoms with Gasteiger partial charge in [-0.15, -0.1) is 0 Å². The minimum atomic E-state index is -0.795. The molecular weight excluding hydrogens is 394 g/mol. The minimum absolute atomic E-state index is 0.0707. The van der Waals surface area contributed by atoms with Gasteiger partial charge in [-0.25, -0.2) is 4.79 Å². The molecule has 0 spiro atoms. The summed E-state index contributed by atoms with van der Waals surface area (Å²) >= 11 is 0. The molecule has 3 amide bonds. The fourth-order valence-corrected chi connectivity index (χ4v) is 3.13. The van der Waals surface area contributed by atoms with E-state index in [1.165, 1.54) is 0 Å². The average molecular weight is 434 g/mol. The largest absolute Gasteiger partial charge is 0.444 e. The Hall–Kier alpha value is -2.57. The minimum Gasteiger partial charge on any atom is -0.444 e. The Labute approximate surface area is 186 Å². The number of hydrogen-bond donors (Lipinski definition) is 2. The van der Waals surface area contributed by atoms with Crippen molar-refractivity contribution in [2.75, 3.05) is 6.54 Å². The molecule has 2 atom stereocenters. The fraction of sp³-hybridized carbons (Fsp3) is 0.625. The molecule has 7 nitrogen and oxygen atoms in total. The van der Waals surface area contributed by atoms with Crippen LogP contribution in [0.5, 0.6) is 0 Å². The second kappa shape index (κ2) is 11.7. The Bertz CT molecular complexity index is 738. The number of nitrogens with one attached hydrogen (secondary N) is 2. The maximum atomic E-state index is 13.2. The van der Waals surface area contributed by atoms with Crippen molar-refractivity contribution in [3.8, 4) is 0 Å². The standard InChI is InChI=1S/C24H39N3O4/c1-9-17(5)27(20(28)15-25-23(30)31-24(6,7)8)21(22(29)26-16(3)4)19-13-11-18(10-2)12-14-19/h11-14,16-17,21H,9-10,15H2,1-8H3,(H,25,30)(H,26,29). The summed E-state index contributed by atoms with van der Waals surface area (Å²) in [6.07, 6.45) is 0.883. The van der Waals surface area contributed by atoms with Gasteiger partial charge in [0.05, 0.1) is 0 Å². The second-order valence-corrected chi connectivity index (χ2v) is 9.07. The van der Waals surface area contributed by atoms with E-state index in [0.717, 1.165) is 17.5 Å². The van der Waals surface area contributed by atoms with Crippen LogP contribution in [-0.4, -0.2) is 47.0 Å². The van der Waals surface area contributed by atoms with Gasteiger partial charge in [0.15, 0.2) is 0 Å². The van der Waals surface area contributed by atoms with E-state index in [1.54, 1.807) is 25.7 Å². The first-order valence-electron chi connectivity index (χ1n) is 11.1. The summed E-state index contributed by atoms with van der Waals surface area (Å²) in [5, 5.41) is 5.45. The quantitative estimate of drug-likeness (QED) is 0.617. The van der Waals surface area contributed by atoms with Crippen molar-refractivity contribution < 1.29 is 19.1 Å². The number of rotatable bonds is 9. The number of alkyl carbamates (subject to hydrolysis) is 1. The highest BCUT2D eigenvalue weighted by atomic mass is 16.6. The summed E-state index contributed by atoms with van der Waals surface area (Å²) in [5.74, 6) is -0.589. The topological polar surface area (TPSA) is 87.7 Å². The Morgan fingerprint density at radius 3 is 2.06 bits per heavy atom. The van der Waals surface area contributed by atoms with Crippen molar-refractivity contribution in [2.24, 2.45) is 0 Å². The van der Waals surface area contributed by atoms with Crippen LogP contribution in [0, 0.1) is 0 Å². The van der Waals surface area contributed by atoms with Crippen LogP contribution in [-0.2, 0) is 20.7 Å². The lowest BCUT2D eigenvalue weighted by atomic mass is 9.99. The first-order chi connectivity index (χ1) is 14.4. The van der Waals surface area contributed by atoms with Gasteiger partial charge in [-0.3, -0.25) is 9.59 Å². The van der Waals surface area contributed by atoms with Gasteiger partial charge in [0.2, 0.25) is 11.8 Å². The van der Waals surface area contributed by atoms with E-state index in [2.05, 4.69) is 17.6 Å². The molecular formula is C24H39N3O4. The van der Waals surface area contributed by atoms with Gasteiger partial charge in [0.25, 0.3) is 0 Å². The lowest BCUT2D eigenvalue weighted by Crippen LogP contribution is -2.51. The molecule has 1 aromatic carbocycles. The summed E-state index contributed by atoms with van der Waals surface area (Å²) in [6, 6.07) is 6.67. The zero-order valence-corrected chi connectivity index (χ0v) is 20.2. The van der Waals surface area contributed by atoms with Crippen LogP contribution in [0.1, 0.15) is 79.0 Å². The van der Waals surface area contributed by atoms with E-state index in [-0.39, 0.29) is 30.4 Å². The third-order valence-corrected chi connectivity index (χ3v) is 4.80. The van der Waals surface area contributed by atoms with Crippen LogP contribution < -0.4 is 10.6 Å². The van der Waals surface area contributed by atoms with E-state index in [9.17, 15) is 14.4 Å². The summed E-state index contributed by atoms with van der Waals surface area (Å²) in [4.78, 5) is 40.0. The predicted molar refractivity (Wildman–Crippen MR) is 123 cm³/mol. The Balaban J connectivity index is 3.22. The fourth-order valence-electron chi connectivity index (χ4n) is 3.13. The molecule has 0 fully saturated rings. The number of ether oxygens (including phenoxy) is 1. The van der Waals surface area contributed by atoms with Crippen molar-refractivity contribution in [3.05, 3.63) is 35.4 Å². The summed E-state index contributed by atoms with van der Waals surface area (Å²) in [6.45, 7) is 14.7. The lowest BCUT2D eigenvalue weighted by molar-refractivity contribution is -0.142. The van der Waals surface area contributed by atoms with Crippen LogP contribution in [0.4, 0.5) is 4.79 Å². The molecule has 0 radical (unpaired) electrons. The third-order valence-electron chi connectivity index (χ3n) is 4.80. The second-order valence-electron chi connectivity index (χ2n) is 9.07. The zero-order chi connectivity index (χ0) is 23.8. The predicted octanol–water partition coefficient (Wildman–Crippen LogP) is 3.97. The smallest absolute Gasteiger partial charge is 0.408 e. The van der Waals surface area contributed by atoms with Gasteiger partial charge < -0.3 is 20.3 Å². The molecule has 0 heterocycles. The van der Waals surface area contributed by atoms with Gasteiger partial charge in [0.1, 0.15) is 18.2 Å². The maximum Gasteiger partial charge on any atom is 0.408 e. The highest BCUT2D eigenvalue weighted by Gasteiger charge is 2.34. The molecule has 0 aliphatic rings. The van der Waals surface area contributed by atoms with Crippen LogP contribution in [0.25, 0.3) is 0 Å². The molecule has 174 valence electrons. The van der Waals surface area contributed by atoms with Crippen LogP contribution >= 0.6 is 0 Å². The number of nitrogens with zero attached hydrogens (tertiary/aromatic N) is 1. The summed E-state index contributed by atoms with van der Waals surface area (Å²) in [5.41, 5.74) is 1.23. The van der Waals surface area contributed by atoms with E-state index in [4.69, 9.17) is 4.74 Å². The molecule has 1 rings (SSSR count). The van der Waals surface area contributed by atoms with Crippen LogP contribution in [0.2, 0.25) is 0 Å². The van der Waals surface area contributed by atoms with Gasteiger partial charge in [-0.2, -0.15) is 0 Å². The van der Waals surface area contributed by atoms with Gasteiger partial charge in [-0.1, -0.05) is 38.1 Å². The van der Waals surface area contributed by atoms with Gasteiger partial charge in [0, 0.05) is 12.1 Å². The van der Waals surface area contributed by atoms with E-state index in [0.29, 0.717) is 6.42 Å². The maximum absolute atomic E-state index is 13.2. The summed E-state index contributed by atoms with van der Waals surface area (Å²) < 4.78 is 5.23. The van der Waals surface area contributed by atoms with Crippen LogP contribution in [0.3, 0.4) is 0 Å². The van der Waals surface area contributed by atoms with Crippen molar-refractivity contribution in [2.45, 2.75) is 92.0 Å². The van der Waals surface area contributed by atoms with Crippen molar-refractivity contribution >= 4 is 17.9 Å². The molecule has 0 saturated heterocycles. The molecule has 0 aliphatic carbocycles. The Kier molecular flexibility index (Phi) is 10.0. The van der Waals surface area contributed by atoms with E-state index >= 15 is 0 Å². The first-order valence-corrected chi connectivity index (χ1v) is 11.1. The van der Waals surface area contributed by atoms with Gasteiger partial charge >= 0.3 is 6.09 Å². The third kappa shape index (κ3) is 8.59. The monoisotopic (exact) mass is 433 g/mol. The number of carbonyl (C=O) groups excluding carboxylic acids is 3. The number of benzene rings is 1. The molecule has 2 unspecified atom stereocenters. The highest BCUT2D eigenvalue weighted by Crippen LogP contribution is 2.26. The SMILES string of the molecule is CCc1ccc(C(C(=O)NC(C)C)N(C(=O)CNC(=O)OC(C)(C)C)C(C)CC)cc1. The summed E-state index contributed by atoms with van der Waals surface area (Å²) in [7, 11) is 0. The number of aryl methyl sites for hydroxylation is 1. The lowest BCUT2D eigenvalue weighted by Gasteiger charge is -2.36. The molecule has 0 saturated carbocycles. The number of hydrogen-bond acceptors (Lipinski definition) is 4. The van der Waals surface area contributed by atoms with E-state index < -0.39 is 17.7 Å². The Morgan fingerprint density at radius 1 is 1.03 bits per heavy atom. The number of carbonyl (C=O) groups is 3. The molecule has 1 aromatic rings. The number of amides is 3. The van der Waals surface area contributed by atoms with Crippen molar-refractivity contribution in [1.29, 1.82) is 0 Å². The molecule has 2 N–H and O–H groups in total. The van der Waals surface area contributed by atoms with Crippen molar-refractivity contribution in [3.63, 3.8) is 0 Å². The van der Waals surface area contributed by atoms with Crippen molar-refractivity contribution in [1.82, 2.24) is 15.5 Å². The normalized spacial score (nSPS) is 13.3. The molecule has 0 bridgehead atoms. The van der Waals surface area contributed by atoms with Crippen LogP contribution in [0.15, 0.2) is 24.3 Å². The molecule has 7 heteroatoms.